The van der Waals surface area contributed by atoms with Crippen LogP contribution in [0, 0.1) is 0 Å². The Kier molecular flexibility index (Phi) is 4.36. The molecular weight excluding hydrogens is 200 g/mol. The molecule has 6 nitrogen and oxygen atoms in total. The van der Waals surface area contributed by atoms with Gasteiger partial charge in [0.05, 0.1) is 6.10 Å². The first kappa shape index (κ1) is 11.8. The van der Waals surface area contributed by atoms with E-state index in [2.05, 4.69) is 10.6 Å². The van der Waals surface area contributed by atoms with E-state index in [0.717, 1.165) is 19.4 Å². The zero-order valence-electron chi connectivity index (χ0n) is 8.66. The number of ether oxygens (including phenoxy) is 1. The van der Waals surface area contributed by atoms with Crippen LogP contribution in [-0.4, -0.2) is 42.4 Å². The van der Waals surface area contributed by atoms with Crippen molar-refractivity contribution in [2.45, 2.75) is 31.9 Å². The van der Waals surface area contributed by atoms with Crippen LogP contribution in [0.3, 0.4) is 0 Å². The van der Waals surface area contributed by atoms with Crippen molar-refractivity contribution in [3.8, 4) is 0 Å². The second-order valence-electron chi connectivity index (χ2n) is 3.55. The zero-order valence-corrected chi connectivity index (χ0v) is 8.66. The first-order valence-corrected chi connectivity index (χ1v) is 4.98. The minimum absolute atomic E-state index is 0.0656. The quantitative estimate of drug-likeness (QED) is 0.614. The van der Waals surface area contributed by atoms with Crippen LogP contribution in [0.15, 0.2) is 0 Å². The van der Waals surface area contributed by atoms with Gasteiger partial charge in [0.25, 0.3) is 0 Å². The number of urea groups is 1. The molecule has 6 heteroatoms. The number of carbonyl (C=O) groups is 2. The average molecular weight is 216 g/mol. The molecule has 0 bridgehead atoms. The van der Waals surface area contributed by atoms with Crippen LogP contribution in [0.2, 0.25) is 0 Å². The van der Waals surface area contributed by atoms with Crippen LogP contribution in [0.25, 0.3) is 0 Å². The fourth-order valence-electron chi connectivity index (χ4n) is 1.32. The van der Waals surface area contributed by atoms with Crippen molar-refractivity contribution in [3.05, 3.63) is 0 Å². The maximum Gasteiger partial charge on any atom is 0.325 e. The number of hydrogen-bond acceptors (Lipinski definition) is 3. The third-order valence-corrected chi connectivity index (χ3v) is 2.23. The Morgan fingerprint density at radius 1 is 1.60 bits per heavy atom. The molecule has 1 fully saturated rings. The molecule has 0 aromatic carbocycles. The van der Waals surface area contributed by atoms with Gasteiger partial charge < -0.3 is 20.5 Å². The summed E-state index contributed by atoms with van der Waals surface area (Å²) >= 11 is 0. The van der Waals surface area contributed by atoms with E-state index in [1.165, 1.54) is 6.92 Å². The average Bonchev–Trinajstić information content (AvgIpc) is 2.66. The van der Waals surface area contributed by atoms with Gasteiger partial charge in [0.2, 0.25) is 0 Å². The SMILES string of the molecule is C[C@H](NC(=O)NC[C@@H]1CCCO1)C(=O)O. The third kappa shape index (κ3) is 4.16. The predicted octanol–water partition coefficient (Wildman–Crippen LogP) is -0.0623. The molecule has 1 aliphatic heterocycles. The fourth-order valence-corrected chi connectivity index (χ4v) is 1.32. The Hall–Kier alpha value is -1.30. The summed E-state index contributed by atoms with van der Waals surface area (Å²) in [5.74, 6) is -1.05. The van der Waals surface area contributed by atoms with E-state index in [-0.39, 0.29) is 6.10 Å². The van der Waals surface area contributed by atoms with E-state index >= 15 is 0 Å². The topological polar surface area (TPSA) is 87.7 Å². The number of amides is 2. The monoisotopic (exact) mass is 216 g/mol. The highest BCUT2D eigenvalue weighted by Crippen LogP contribution is 2.10. The van der Waals surface area contributed by atoms with E-state index in [1.54, 1.807) is 0 Å². The van der Waals surface area contributed by atoms with Gasteiger partial charge in [0, 0.05) is 13.2 Å². The zero-order chi connectivity index (χ0) is 11.3. The first-order chi connectivity index (χ1) is 7.09. The number of carboxylic acid groups (broad SMARTS) is 1. The minimum Gasteiger partial charge on any atom is -0.480 e. The molecule has 3 N–H and O–H groups in total. The van der Waals surface area contributed by atoms with Gasteiger partial charge >= 0.3 is 12.0 Å². The van der Waals surface area contributed by atoms with Crippen LogP contribution in [0.4, 0.5) is 4.79 Å². The van der Waals surface area contributed by atoms with Gasteiger partial charge in [0.1, 0.15) is 6.04 Å². The fraction of sp³-hybridized carbons (Fsp3) is 0.778. The molecule has 1 saturated heterocycles. The molecule has 1 aliphatic rings. The van der Waals surface area contributed by atoms with Gasteiger partial charge in [-0.15, -0.1) is 0 Å². The number of rotatable bonds is 4. The van der Waals surface area contributed by atoms with Crippen LogP contribution in [0.5, 0.6) is 0 Å². The molecule has 15 heavy (non-hydrogen) atoms. The molecule has 0 aromatic rings. The Balaban J connectivity index is 2.15. The molecule has 1 heterocycles. The minimum atomic E-state index is -1.05. The molecule has 0 aliphatic carbocycles. The van der Waals surface area contributed by atoms with Crippen molar-refractivity contribution >= 4 is 12.0 Å². The van der Waals surface area contributed by atoms with Gasteiger partial charge in [-0.2, -0.15) is 0 Å². The van der Waals surface area contributed by atoms with Crippen molar-refractivity contribution in [1.82, 2.24) is 10.6 Å². The van der Waals surface area contributed by atoms with E-state index in [0.29, 0.717) is 6.54 Å². The lowest BCUT2D eigenvalue weighted by atomic mass is 10.2. The van der Waals surface area contributed by atoms with Crippen LogP contribution < -0.4 is 10.6 Å². The molecule has 0 saturated carbocycles. The molecule has 2 atom stereocenters. The lowest BCUT2D eigenvalue weighted by Gasteiger charge is -2.13. The summed E-state index contributed by atoms with van der Waals surface area (Å²) in [6.45, 7) is 2.58. The second-order valence-corrected chi connectivity index (χ2v) is 3.55. The number of carbonyl (C=O) groups excluding carboxylic acids is 1. The van der Waals surface area contributed by atoms with Gasteiger partial charge in [-0.1, -0.05) is 0 Å². The maximum absolute atomic E-state index is 11.2. The van der Waals surface area contributed by atoms with Crippen molar-refractivity contribution in [2.24, 2.45) is 0 Å². The van der Waals surface area contributed by atoms with E-state index in [1.807, 2.05) is 0 Å². The molecular formula is C9H16N2O4. The second kappa shape index (κ2) is 5.55. The summed E-state index contributed by atoms with van der Waals surface area (Å²) in [5.41, 5.74) is 0. The van der Waals surface area contributed by atoms with Crippen molar-refractivity contribution < 1.29 is 19.4 Å². The molecule has 2 amide bonds. The lowest BCUT2D eigenvalue weighted by molar-refractivity contribution is -0.138. The highest BCUT2D eigenvalue weighted by Gasteiger charge is 2.18. The number of aliphatic carboxylic acids is 1. The predicted molar refractivity (Wildman–Crippen MR) is 52.6 cm³/mol. The molecule has 86 valence electrons. The van der Waals surface area contributed by atoms with Gasteiger partial charge in [-0.05, 0) is 19.8 Å². The van der Waals surface area contributed by atoms with Crippen LogP contribution in [0.1, 0.15) is 19.8 Å². The van der Waals surface area contributed by atoms with Gasteiger partial charge in [-0.3, -0.25) is 4.79 Å². The smallest absolute Gasteiger partial charge is 0.325 e. The summed E-state index contributed by atoms with van der Waals surface area (Å²) < 4.78 is 5.30. The first-order valence-electron chi connectivity index (χ1n) is 4.98. The molecule has 1 rings (SSSR count). The maximum atomic E-state index is 11.2. The Bertz CT molecular complexity index is 238. The van der Waals surface area contributed by atoms with Gasteiger partial charge in [0.15, 0.2) is 0 Å². The summed E-state index contributed by atoms with van der Waals surface area (Å²) in [7, 11) is 0. The molecule has 0 spiro atoms. The van der Waals surface area contributed by atoms with E-state index in [4.69, 9.17) is 9.84 Å². The Labute approximate surface area is 88.0 Å². The van der Waals surface area contributed by atoms with Crippen molar-refractivity contribution in [1.29, 1.82) is 0 Å². The third-order valence-electron chi connectivity index (χ3n) is 2.23. The lowest BCUT2D eigenvalue weighted by Crippen LogP contribution is -2.46. The Morgan fingerprint density at radius 2 is 2.33 bits per heavy atom. The summed E-state index contributed by atoms with van der Waals surface area (Å²) in [6.07, 6.45) is 2.02. The summed E-state index contributed by atoms with van der Waals surface area (Å²) in [4.78, 5) is 21.6. The highest BCUT2D eigenvalue weighted by atomic mass is 16.5. The number of carboxylic acids is 1. The summed E-state index contributed by atoms with van der Waals surface area (Å²) in [6, 6.07) is -1.35. The largest absolute Gasteiger partial charge is 0.480 e. The molecule has 0 aromatic heterocycles. The highest BCUT2D eigenvalue weighted by molar-refractivity contribution is 5.82. The normalized spacial score (nSPS) is 22.1. The Morgan fingerprint density at radius 3 is 2.87 bits per heavy atom. The summed E-state index contributed by atoms with van der Waals surface area (Å²) in [5, 5.41) is 13.4. The van der Waals surface area contributed by atoms with Crippen molar-refractivity contribution in [3.63, 3.8) is 0 Å². The van der Waals surface area contributed by atoms with E-state index in [9.17, 15) is 9.59 Å². The molecule has 0 radical (unpaired) electrons. The van der Waals surface area contributed by atoms with E-state index < -0.39 is 18.0 Å². The van der Waals surface area contributed by atoms with Crippen LogP contribution >= 0.6 is 0 Å². The number of nitrogens with one attached hydrogen (secondary N) is 2. The van der Waals surface area contributed by atoms with Crippen molar-refractivity contribution in [2.75, 3.05) is 13.2 Å². The molecule has 0 unspecified atom stereocenters. The van der Waals surface area contributed by atoms with Crippen LogP contribution in [-0.2, 0) is 9.53 Å². The standard InChI is InChI=1S/C9H16N2O4/c1-6(8(12)13)11-9(14)10-5-7-3-2-4-15-7/h6-7H,2-5H2,1H3,(H,12,13)(H2,10,11,14)/t6-,7-/m0/s1. The number of hydrogen-bond donors (Lipinski definition) is 3. The van der Waals surface area contributed by atoms with Gasteiger partial charge in [-0.25, -0.2) is 4.79 Å².